The van der Waals surface area contributed by atoms with Crippen molar-refractivity contribution in [1.29, 1.82) is 0 Å². The van der Waals surface area contributed by atoms with E-state index in [1.807, 2.05) is 0 Å². The van der Waals surface area contributed by atoms with Gasteiger partial charge in [-0.2, -0.15) is 0 Å². The molecule has 15 heavy (non-hydrogen) atoms. The highest BCUT2D eigenvalue weighted by Crippen LogP contribution is 2.40. The van der Waals surface area contributed by atoms with Gasteiger partial charge in [-0.05, 0) is 38.1 Å². The van der Waals surface area contributed by atoms with Gasteiger partial charge in [0.1, 0.15) is 5.75 Å². The maximum Gasteiger partial charge on any atom is 0.123 e. The molecule has 0 atom stereocenters. The van der Waals surface area contributed by atoms with Crippen LogP contribution >= 0.6 is 11.6 Å². The topological polar surface area (TPSA) is 52.5 Å². The van der Waals surface area contributed by atoms with Gasteiger partial charge in [-0.3, -0.25) is 0 Å². The summed E-state index contributed by atoms with van der Waals surface area (Å²) in [5, 5.41) is 23.8. The molecule has 1 fully saturated rings. The van der Waals surface area contributed by atoms with E-state index in [0.717, 1.165) is 13.1 Å². The van der Waals surface area contributed by atoms with Crippen LogP contribution in [0.25, 0.3) is 0 Å². The first-order valence-corrected chi connectivity index (χ1v) is 5.42. The lowest BCUT2D eigenvalue weighted by atomic mass is 9.84. The second-order valence-corrected chi connectivity index (χ2v) is 4.32. The summed E-state index contributed by atoms with van der Waals surface area (Å²) in [6.07, 6.45) is 1.15. The van der Waals surface area contributed by atoms with E-state index in [1.165, 1.54) is 0 Å². The zero-order valence-corrected chi connectivity index (χ0v) is 9.09. The SMILES string of the molecule is Oc1cccc(Cl)c1C1(O)CCNCC1. The van der Waals surface area contributed by atoms with Crippen LogP contribution < -0.4 is 5.32 Å². The Kier molecular flexibility index (Phi) is 2.87. The molecule has 0 unspecified atom stereocenters. The molecular weight excluding hydrogens is 214 g/mol. The Bertz CT molecular complexity index is 341. The van der Waals surface area contributed by atoms with Crippen LogP contribution in [0.4, 0.5) is 0 Å². The van der Waals surface area contributed by atoms with Crippen molar-refractivity contribution in [3.05, 3.63) is 28.8 Å². The molecule has 0 saturated carbocycles. The molecule has 1 heterocycles. The Morgan fingerprint density at radius 2 is 1.93 bits per heavy atom. The molecule has 1 aliphatic rings. The number of phenols is 1. The minimum atomic E-state index is -0.992. The van der Waals surface area contributed by atoms with E-state index in [-0.39, 0.29) is 5.75 Å². The fourth-order valence-electron chi connectivity index (χ4n) is 2.06. The average Bonchev–Trinajstić information content (AvgIpc) is 2.18. The fourth-order valence-corrected chi connectivity index (χ4v) is 2.41. The molecule has 0 aromatic heterocycles. The predicted octanol–water partition coefficient (Wildman–Crippen LogP) is 1.62. The van der Waals surface area contributed by atoms with Crippen LogP contribution in [0.2, 0.25) is 5.02 Å². The number of benzene rings is 1. The molecular formula is C11H14ClNO2. The van der Waals surface area contributed by atoms with Crippen molar-refractivity contribution in [2.75, 3.05) is 13.1 Å². The number of nitrogens with one attached hydrogen (secondary N) is 1. The summed E-state index contributed by atoms with van der Waals surface area (Å²) in [5.74, 6) is 0.0758. The van der Waals surface area contributed by atoms with Crippen molar-refractivity contribution in [2.45, 2.75) is 18.4 Å². The maximum absolute atomic E-state index is 10.4. The molecule has 4 heteroatoms. The highest BCUT2D eigenvalue weighted by molar-refractivity contribution is 6.31. The van der Waals surface area contributed by atoms with Crippen LogP contribution in [-0.2, 0) is 5.60 Å². The molecule has 1 aromatic rings. The number of halogens is 1. The van der Waals surface area contributed by atoms with E-state index in [1.54, 1.807) is 18.2 Å². The monoisotopic (exact) mass is 227 g/mol. The van der Waals surface area contributed by atoms with E-state index in [9.17, 15) is 10.2 Å². The lowest BCUT2D eigenvalue weighted by molar-refractivity contribution is 0.00410. The van der Waals surface area contributed by atoms with Crippen molar-refractivity contribution in [1.82, 2.24) is 5.32 Å². The largest absolute Gasteiger partial charge is 0.508 e. The number of aromatic hydroxyl groups is 1. The zero-order valence-electron chi connectivity index (χ0n) is 8.33. The first-order valence-electron chi connectivity index (χ1n) is 5.04. The molecule has 2 rings (SSSR count). The van der Waals surface area contributed by atoms with Crippen molar-refractivity contribution < 1.29 is 10.2 Å². The Morgan fingerprint density at radius 1 is 1.27 bits per heavy atom. The van der Waals surface area contributed by atoms with Gasteiger partial charge in [-0.15, -0.1) is 0 Å². The van der Waals surface area contributed by atoms with E-state index >= 15 is 0 Å². The normalized spacial score (nSPS) is 20.1. The Morgan fingerprint density at radius 3 is 2.53 bits per heavy atom. The van der Waals surface area contributed by atoms with Crippen LogP contribution in [0.1, 0.15) is 18.4 Å². The highest BCUT2D eigenvalue weighted by Gasteiger charge is 2.35. The maximum atomic E-state index is 10.4. The summed E-state index contributed by atoms with van der Waals surface area (Å²) in [4.78, 5) is 0. The first-order chi connectivity index (χ1) is 7.13. The Hall–Kier alpha value is -0.770. The number of hydrogen-bond acceptors (Lipinski definition) is 3. The molecule has 1 aromatic carbocycles. The molecule has 0 amide bonds. The van der Waals surface area contributed by atoms with Crippen LogP contribution in [0.15, 0.2) is 18.2 Å². The molecule has 82 valence electrons. The van der Waals surface area contributed by atoms with Gasteiger partial charge in [0, 0.05) is 5.56 Å². The van der Waals surface area contributed by atoms with Gasteiger partial charge in [0.05, 0.1) is 10.6 Å². The predicted molar refractivity (Wildman–Crippen MR) is 59.1 cm³/mol. The van der Waals surface area contributed by atoms with Crippen LogP contribution in [0.5, 0.6) is 5.75 Å². The number of rotatable bonds is 1. The van der Waals surface area contributed by atoms with Crippen molar-refractivity contribution in [3.8, 4) is 5.75 Å². The second-order valence-electron chi connectivity index (χ2n) is 3.92. The first kappa shape index (κ1) is 10.7. The van der Waals surface area contributed by atoms with Crippen LogP contribution in [-0.4, -0.2) is 23.3 Å². The summed E-state index contributed by atoms with van der Waals surface area (Å²) in [6, 6.07) is 4.92. The minimum Gasteiger partial charge on any atom is -0.508 e. The van der Waals surface area contributed by atoms with Gasteiger partial charge in [-0.25, -0.2) is 0 Å². The standard InChI is InChI=1S/C11H14ClNO2/c12-8-2-1-3-9(14)10(8)11(15)4-6-13-7-5-11/h1-3,13-15H,4-7H2. The third-order valence-corrected chi connectivity index (χ3v) is 3.20. The van der Waals surface area contributed by atoms with Gasteiger partial charge in [0.2, 0.25) is 0 Å². The molecule has 3 N–H and O–H groups in total. The molecule has 3 nitrogen and oxygen atoms in total. The van der Waals surface area contributed by atoms with Crippen molar-refractivity contribution in [2.24, 2.45) is 0 Å². The number of hydrogen-bond donors (Lipinski definition) is 3. The third kappa shape index (κ3) is 1.95. The molecule has 1 saturated heterocycles. The quantitative estimate of drug-likeness (QED) is 0.684. The summed E-state index contributed by atoms with van der Waals surface area (Å²) < 4.78 is 0. The average molecular weight is 228 g/mol. The van der Waals surface area contributed by atoms with Crippen molar-refractivity contribution >= 4 is 11.6 Å². The summed E-state index contributed by atoms with van der Waals surface area (Å²) in [7, 11) is 0. The number of aliphatic hydroxyl groups is 1. The summed E-state index contributed by atoms with van der Waals surface area (Å²) in [6.45, 7) is 1.47. The van der Waals surface area contributed by atoms with Gasteiger partial charge >= 0.3 is 0 Å². The van der Waals surface area contributed by atoms with E-state index in [4.69, 9.17) is 11.6 Å². The van der Waals surface area contributed by atoms with Gasteiger partial charge in [0.15, 0.2) is 0 Å². The highest BCUT2D eigenvalue weighted by atomic mass is 35.5. The Balaban J connectivity index is 2.42. The van der Waals surface area contributed by atoms with Gasteiger partial charge in [-0.1, -0.05) is 17.7 Å². The molecule has 0 aliphatic carbocycles. The second kappa shape index (κ2) is 4.00. The molecule has 1 aliphatic heterocycles. The van der Waals surface area contributed by atoms with Crippen molar-refractivity contribution in [3.63, 3.8) is 0 Å². The van der Waals surface area contributed by atoms with Crippen LogP contribution in [0, 0.1) is 0 Å². The van der Waals surface area contributed by atoms with E-state index in [2.05, 4.69) is 5.32 Å². The minimum absolute atomic E-state index is 0.0758. The Labute approximate surface area is 93.7 Å². The molecule has 0 spiro atoms. The third-order valence-electron chi connectivity index (χ3n) is 2.89. The summed E-state index contributed by atoms with van der Waals surface area (Å²) in [5.41, 5.74) is -0.526. The zero-order chi connectivity index (χ0) is 10.9. The fraction of sp³-hybridized carbons (Fsp3) is 0.455. The van der Waals surface area contributed by atoms with E-state index < -0.39 is 5.60 Å². The van der Waals surface area contributed by atoms with Crippen LogP contribution in [0.3, 0.4) is 0 Å². The smallest absolute Gasteiger partial charge is 0.123 e. The lowest BCUT2D eigenvalue weighted by Crippen LogP contribution is -2.39. The number of phenolic OH excluding ortho intramolecular Hbond substituents is 1. The molecule has 0 bridgehead atoms. The van der Waals surface area contributed by atoms with Gasteiger partial charge < -0.3 is 15.5 Å². The summed E-state index contributed by atoms with van der Waals surface area (Å²) >= 11 is 6.01. The lowest BCUT2D eigenvalue weighted by Gasteiger charge is -2.33. The molecule has 0 radical (unpaired) electrons. The van der Waals surface area contributed by atoms with Gasteiger partial charge in [0.25, 0.3) is 0 Å². The van der Waals surface area contributed by atoms with E-state index in [0.29, 0.717) is 23.4 Å². The number of piperidine rings is 1.